The molecule has 2 aliphatic rings. The van der Waals surface area contributed by atoms with Crippen LogP contribution in [-0.4, -0.2) is 128 Å². The van der Waals surface area contributed by atoms with Crippen LogP contribution in [0.1, 0.15) is 103 Å². The molecule has 13 nitrogen and oxygen atoms in total. The molecule has 2 rings (SSSR count). The van der Waals surface area contributed by atoms with Crippen LogP contribution in [0.4, 0.5) is 0 Å². The van der Waals surface area contributed by atoms with Gasteiger partial charge in [-0.1, -0.05) is 77.6 Å². The summed E-state index contributed by atoms with van der Waals surface area (Å²) >= 11 is 0. The number of hydrogen-bond donors (Lipinski definition) is 8. The normalized spacial score (nSPS) is 33.9. The molecule has 0 radical (unpaired) electrons. The second-order valence-corrected chi connectivity index (χ2v) is 11.8. The van der Waals surface area contributed by atoms with Crippen LogP contribution >= 0.6 is 0 Å². The summed E-state index contributed by atoms with van der Waals surface area (Å²) in [5.41, 5.74) is 0. The summed E-state index contributed by atoms with van der Waals surface area (Å²) in [5, 5.41) is 79.6. The number of aliphatic hydroxyl groups is 7. The Hall–Kier alpha value is -0.970. The highest BCUT2D eigenvalue weighted by Crippen LogP contribution is 2.31. The molecule has 2 fully saturated rings. The molecule has 43 heavy (non-hydrogen) atoms. The largest absolute Gasteiger partial charge is 0.481 e. The number of hydrogen-bond acceptors (Lipinski definition) is 12. The van der Waals surface area contributed by atoms with Crippen molar-refractivity contribution in [2.75, 3.05) is 13.2 Å². The molecule has 0 aromatic rings. The van der Waals surface area contributed by atoms with Gasteiger partial charge in [0.2, 0.25) is 0 Å². The van der Waals surface area contributed by atoms with E-state index >= 15 is 0 Å². The molecule has 0 aromatic carbocycles. The van der Waals surface area contributed by atoms with E-state index < -0.39 is 80.6 Å². The first-order valence-corrected chi connectivity index (χ1v) is 16.1. The summed E-state index contributed by atoms with van der Waals surface area (Å²) in [5.74, 6) is -0.721. The van der Waals surface area contributed by atoms with Crippen LogP contribution in [-0.2, 0) is 23.7 Å². The minimum Gasteiger partial charge on any atom is -0.481 e. The highest BCUT2D eigenvalue weighted by atomic mass is 16.8. The molecule has 0 spiro atoms. The van der Waals surface area contributed by atoms with Crippen LogP contribution in [0.15, 0.2) is 0 Å². The number of aliphatic carboxylic acids is 1. The molecule has 1 unspecified atom stereocenters. The summed E-state index contributed by atoms with van der Waals surface area (Å²) in [7, 11) is 0. The number of carboxylic acid groups (broad SMARTS) is 1. The van der Waals surface area contributed by atoms with Crippen molar-refractivity contribution in [1.29, 1.82) is 0 Å². The third-order valence-corrected chi connectivity index (χ3v) is 8.41. The van der Waals surface area contributed by atoms with Crippen molar-refractivity contribution in [3.8, 4) is 0 Å². The highest BCUT2D eigenvalue weighted by Gasteiger charge is 2.51. The van der Waals surface area contributed by atoms with E-state index in [-0.39, 0.29) is 12.5 Å². The standard InChI is InChI=1S/C30H56O13/c1-2-19(15-13-11-9-7-5-3-4-6-8-10-12-14-16-22(33)34)40-30-28(26(38)24(36)21(18-32)42-30)43-29-27(39)25(37)23(35)20(17-31)41-29/h19-21,23-32,35-39H,2-18H2,1H3,(H,33,34)/t19?,20-,21-,23-,24-,25+,26+,27-,28-,29+,30-/m1/s1. The van der Waals surface area contributed by atoms with E-state index in [1.807, 2.05) is 6.92 Å². The Morgan fingerprint density at radius 1 is 0.651 bits per heavy atom. The predicted molar refractivity (Wildman–Crippen MR) is 154 cm³/mol. The molecule has 0 bridgehead atoms. The molecule has 2 heterocycles. The fourth-order valence-electron chi connectivity index (χ4n) is 5.62. The topological polar surface area (TPSA) is 216 Å². The van der Waals surface area contributed by atoms with Gasteiger partial charge in [0.15, 0.2) is 12.6 Å². The van der Waals surface area contributed by atoms with Gasteiger partial charge in [0.25, 0.3) is 0 Å². The smallest absolute Gasteiger partial charge is 0.303 e. The fourth-order valence-corrected chi connectivity index (χ4v) is 5.62. The van der Waals surface area contributed by atoms with Gasteiger partial charge in [0.1, 0.15) is 48.8 Å². The SMILES string of the molecule is CCC(CCCCCCCCCCCCCCC(=O)O)O[C@@H]1O[C@H](CO)[C@@H](O)[C@H](O)[C@H]1O[C@@H]1O[C@H](CO)[C@@H](O)[C@H](O)[C@H]1O. The molecule has 2 saturated heterocycles. The second-order valence-electron chi connectivity index (χ2n) is 11.8. The van der Waals surface area contributed by atoms with Crippen molar-refractivity contribution in [2.45, 2.75) is 171 Å². The van der Waals surface area contributed by atoms with Gasteiger partial charge in [-0.15, -0.1) is 0 Å². The molecule has 8 N–H and O–H groups in total. The van der Waals surface area contributed by atoms with Gasteiger partial charge in [-0.2, -0.15) is 0 Å². The number of carboxylic acids is 1. The third-order valence-electron chi connectivity index (χ3n) is 8.41. The van der Waals surface area contributed by atoms with Crippen molar-refractivity contribution in [2.24, 2.45) is 0 Å². The van der Waals surface area contributed by atoms with Gasteiger partial charge in [0, 0.05) is 6.42 Å². The summed E-state index contributed by atoms with van der Waals surface area (Å²) in [6.45, 7) is 0.718. The van der Waals surface area contributed by atoms with Gasteiger partial charge in [-0.3, -0.25) is 4.79 Å². The Morgan fingerprint density at radius 3 is 1.60 bits per heavy atom. The van der Waals surface area contributed by atoms with Gasteiger partial charge in [0.05, 0.1) is 19.3 Å². The molecule has 13 heteroatoms. The minimum atomic E-state index is -1.71. The van der Waals surface area contributed by atoms with E-state index in [0.717, 1.165) is 51.4 Å². The van der Waals surface area contributed by atoms with E-state index in [2.05, 4.69) is 0 Å². The average molecular weight is 625 g/mol. The van der Waals surface area contributed by atoms with E-state index in [1.54, 1.807) is 0 Å². The molecule has 11 atom stereocenters. The van der Waals surface area contributed by atoms with Crippen molar-refractivity contribution < 1.29 is 64.6 Å². The van der Waals surface area contributed by atoms with Crippen LogP contribution in [0, 0.1) is 0 Å². The van der Waals surface area contributed by atoms with Crippen LogP contribution in [0.25, 0.3) is 0 Å². The number of carbonyl (C=O) groups is 1. The Kier molecular flexibility index (Phi) is 18.6. The third kappa shape index (κ3) is 12.7. The number of unbranched alkanes of at least 4 members (excludes halogenated alkanes) is 11. The Balaban J connectivity index is 1.75. The Labute approximate surface area is 254 Å². The first kappa shape index (κ1) is 38.2. The molecule has 0 aromatic heterocycles. The zero-order valence-corrected chi connectivity index (χ0v) is 25.5. The quantitative estimate of drug-likeness (QED) is 0.0789. The number of aliphatic hydroxyl groups excluding tert-OH is 7. The maximum absolute atomic E-state index is 10.8. The molecule has 0 saturated carbocycles. The monoisotopic (exact) mass is 624 g/mol. The van der Waals surface area contributed by atoms with Crippen molar-refractivity contribution in [1.82, 2.24) is 0 Å². The van der Waals surface area contributed by atoms with Gasteiger partial charge < -0.3 is 59.8 Å². The maximum atomic E-state index is 10.8. The average Bonchev–Trinajstić information content (AvgIpc) is 2.99. The molecular weight excluding hydrogens is 568 g/mol. The lowest BCUT2D eigenvalue weighted by Gasteiger charge is -2.46. The molecule has 254 valence electrons. The summed E-state index contributed by atoms with van der Waals surface area (Å²) in [6.07, 6.45) is -0.294. The first-order valence-electron chi connectivity index (χ1n) is 16.1. The van der Waals surface area contributed by atoms with Gasteiger partial charge in [-0.25, -0.2) is 0 Å². The van der Waals surface area contributed by atoms with Crippen LogP contribution in [0.5, 0.6) is 0 Å². The van der Waals surface area contributed by atoms with Gasteiger partial charge >= 0.3 is 5.97 Å². The lowest BCUT2D eigenvalue weighted by atomic mass is 9.97. The lowest BCUT2D eigenvalue weighted by Crippen LogP contribution is -2.65. The lowest BCUT2D eigenvalue weighted by molar-refractivity contribution is -0.371. The van der Waals surface area contributed by atoms with E-state index in [0.29, 0.717) is 12.8 Å². The van der Waals surface area contributed by atoms with Crippen LogP contribution < -0.4 is 0 Å². The van der Waals surface area contributed by atoms with Crippen molar-refractivity contribution in [3.63, 3.8) is 0 Å². The minimum absolute atomic E-state index is 0.261. The van der Waals surface area contributed by atoms with Gasteiger partial charge in [-0.05, 0) is 19.3 Å². The Morgan fingerprint density at radius 2 is 1.12 bits per heavy atom. The summed E-state index contributed by atoms with van der Waals surface area (Å²) in [6, 6.07) is 0. The molecule has 2 aliphatic heterocycles. The molecule has 0 aliphatic carbocycles. The summed E-state index contributed by atoms with van der Waals surface area (Å²) < 4.78 is 23.0. The van der Waals surface area contributed by atoms with Crippen LogP contribution in [0.3, 0.4) is 0 Å². The zero-order chi connectivity index (χ0) is 31.8. The predicted octanol–water partition coefficient (Wildman–Crippen LogP) is 0.952. The number of rotatable bonds is 22. The van der Waals surface area contributed by atoms with Crippen molar-refractivity contribution in [3.05, 3.63) is 0 Å². The van der Waals surface area contributed by atoms with Crippen LogP contribution in [0.2, 0.25) is 0 Å². The highest BCUT2D eigenvalue weighted by molar-refractivity contribution is 5.66. The summed E-state index contributed by atoms with van der Waals surface area (Å²) in [4.78, 5) is 10.5. The fraction of sp³-hybridized carbons (Fsp3) is 0.967. The molecule has 0 amide bonds. The Bertz CT molecular complexity index is 741. The van der Waals surface area contributed by atoms with E-state index in [1.165, 1.54) is 25.7 Å². The number of ether oxygens (including phenoxy) is 4. The zero-order valence-electron chi connectivity index (χ0n) is 25.5. The second kappa shape index (κ2) is 20.9. The van der Waals surface area contributed by atoms with E-state index in [4.69, 9.17) is 24.1 Å². The molecular formula is C30H56O13. The first-order chi connectivity index (χ1) is 20.6. The van der Waals surface area contributed by atoms with E-state index in [9.17, 15) is 40.5 Å². The van der Waals surface area contributed by atoms with Crippen molar-refractivity contribution >= 4 is 5.97 Å². The maximum Gasteiger partial charge on any atom is 0.303 e.